The summed E-state index contributed by atoms with van der Waals surface area (Å²) in [6.07, 6.45) is 3.48. The molecule has 54 heavy (non-hydrogen) atoms. The standard InChI is InChI=1S/C37H42FN7O8S/c1-4-53-34-27(6-5-11-40-34)37(41-36(47)44-16-14-43(15-17-44)25-9-12-42(13-10-25)26-22-52-23-26)28-18-24(21-39)7-8-30(28)45(35(37)46)54(48,49)33-19-29(38)31(50-2)20-32(33)51-3/h5-8,11,18-20,25-26H,4,9-10,12-17,22-23H2,1-3H3,(H,41,47)/t37-/m1/s1. The Bertz CT molecular complexity index is 2080. The Morgan fingerprint density at radius 3 is 2.33 bits per heavy atom. The summed E-state index contributed by atoms with van der Waals surface area (Å²) < 4.78 is 66.5. The van der Waals surface area contributed by atoms with E-state index in [0.717, 1.165) is 45.2 Å². The first-order chi connectivity index (χ1) is 26.1. The van der Waals surface area contributed by atoms with Crippen LogP contribution in [0.1, 0.15) is 36.5 Å². The van der Waals surface area contributed by atoms with Gasteiger partial charge in [0.05, 0.1) is 63.0 Å². The molecule has 3 amide bonds. The summed E-state index contributed by atoms with van der Waals surface area (Å²) in [4.78, 5) is 39.8. The van der Waals surface area contributed by atoms with Crippen LogP contribution in [0.5, 0.6) is 17.4 Å². The van der Waals surface area contributed by atoms with E-state index >= 15 is 9.18 Å². The summed E-state index contributed by atoms with van der Waals surface area (Å²) in [6.45, 7) is 7.35. The van der Waals surface area contributed by atoms with Crippen LogP contribution in [0, 0.1) is 17.1 Å². The number of ether oxygens (including phenoxy) is 4. The molecule has 3 aromatic rings. The summed E-state index contributed by atoms with van der Waals surface area (Å²) in [5.41, 5.74) is -2.27. The van der Waals surface area contributed by atoms with Gasteiger partial charge in [0.1, 0.15) is 10.6 Å². The molecule has 15 nitrogen and oxygen atoms in total. The Hall–Kier alpha value is -5.02. The van der Waals surface area contributed by atoms with Crippen molar-refractivity contribution in [2.75, 3.05) is 77.6 Å². The highest BCUT2D eigenvalue weighted by Gasteiger charge is 2.59. The van der Waals surface area contributed by atoms with E-state index in [-0.39, 0.29) is 46.4 Å². The smallest absolute Gasteiger partial charge is 0.318 e. The number of hydrogen-bond acceptors (Lipinski definition) is 12. The van der Waals surface area contributed by atoms with Crippen molar-refractivity contribution in [3.05, 3.63) is 71.2 Å². The lowest BCUT2D eigenvalue weighted by molar-refractivity contribution is -0.121. The fraction of sp³-hybridized carbons (Fsp3) is 0.459. The van der Waals surface area contributed by atoms with Crippen LogP contribution in [0.3, 0.4) is 0 Å². The minimum atomic E-state index is -4.97. The van der Waals surface area contributed by atoms with E-state index in [0.29, 0.717) is 48.6 Å². The number of sulfonamides is 1. The number of halogens is 1. The van der Waals surface area contributed by atoms with Crippen molar-refractivity contribution in [3.63, 3.8) is 0 Å². The molecule has 286 valence electrons. The average molecular weight is 764 g/mol. The minimum Gasteiger partial charge on any atom is -0.495 e. The second-order valence-electron chi connectivity index (χ2n) is 13.5. The highest BCUT2D eigenvalue weighted by atomic mass is 32.2. The van der Waals surface area contributed by atoms with E-state index in [9.17, 15) is 18.5 Å². The first kappa shape index (κ1) is 37.3. The van der Waals surface area contributed by atoms with Crippen molar-refractivity contribution in [1.29, 1.82) is 5.26 Å². The van der Waals surface area contributed by atoms with Gasteiger partial charge >= 0.3 is 6.03 Å². The zero-order valence-corrected chi connectivity index (χ0v) is 31.1. The molecule has 0 saturated carbocycles. The average Bonchev–Trinajstić information content (AvgIpc) is 3.41. The predicted octanol–water partition coefficient (Wildman–Crippen LogP) is 2.68. The number of piperidine rings is 1. The third-order valence-corrected chi connectivity index (χ3v) is 12.4. The number of aromatic nitrogens is 1. The third-order valence-electron chi connectivity index (χ3n) is 10.7. The molecular formula is C37H42FN7O8S. The van der Waals surface area contributed by atoms with E-state index in [1.165, 1.54) is 50.7 Å². The van der Waals surface area contributed by atoms with Gasteiger partial charge in [-0.05, 0) is 50.1 Å². The topological polar surface area (TPSA) is 167 Å². The Morgan fingerprint density at radius 2 is 1.70 bits per heavy atom. The predicted molar refractivity (Wildman–Crippen MR) is 192 cm³/mol. The number of nitrogens with zero attached hydrogens (tertiary/aromatic N) is 6. The van der Waals surface area contributed by atoms with Crippen LogP contribution in [0.15, 0.2) is 53.6 Å². The first-order valence-electron chi connectivity index (χ1n) is 17.8. The lowest BCUT2D eigenvalue weighted by atomic mass is 9.83. The third kappa shape index (κ3) is 6.36. The molecule has 5 heterocycles. The van der Waals surface area contributed by atoms with Crippen LogP contribution >= 0.6 is 0 Å². The highest BCUT2D eigenvalue weighted by Crippen LogP contribution is 2.50. The molecule has 1 N–H and O–H groups in total. The molecule has 0 radical (unpaired) electrons. The lowest BCUT2D eigenvalue weighted by Crippen LogP contribution is -2.61. The van der Waals surface area contributed by atoms with Crippen molar-refractivity contribution in [3.8, 4) is 23.4 Å². The molecular weight excluding hydrogens is 722 g/mol. The van der Waals surface area contributed by atoms with Gasteiger partial charge in [0.2, 0.25) is 5.88 Å². The summed E-state index contributed by atoms with van der Waals surface area (Å²) in [7, 11) is -2.55. The molecule has 0 unspecified atom stereocenters. The second-order valence-corrected chi connectivity index (χ2v) is 15.3. The number of anilines is 1. The van der Waals surface area contributed by atoms with E-state index in [4.69, 9.17) is 18.9 Å². The number of rotatable bonds is 10. The number of benzene rings is 2. The minimum absolute atomic E-state index is 0.00682. The Kier molecular flexibility index (Phi) is 10.4. The van der Waals surface area contributed by atoms with Crippen LogP contribution in [-0.4, -0.2) is 125 Å². The highest BCUT2D eigenvalue weighted by molar-refractivity contribution is 7.93. The number of hydrogen-bond donors (Lipinski definition) is 1. The number of nitriles is 1. The summed E-state index contributed by atoms with van der Waals surface area (Å²) in [5, 5.41) is 12.9. The molecule has 1 aromatic heterocycles. The number of fused-ring (bicyclic) bond motifs is 1. The molecule has 4 aliphatic rings. The number of nitrogens with one attached hydrogen (secondary N) is 1. The van der Waals surface area contributed by atoms with Gasteiger partial charge in [-0.1, -0.05) is 0 Å². The van der Waals surface area contributed by atoms with Gasteiger partial charge < -0.3 is 29.2 Å². The molecule has 17 heteroatoms. The summed E-state index contributed by atoms with van der Waals surface area (Å²) in [6, 6.07) is 11.2. The number of carbonyl (C=O) groups is 2. The van der Waals surface area contributed by atoms with Crippen molar-refractivity contribution >= 4 is 27.6 Å². The molecule has 0 bridgehead atoms. The van der Waals surface area contributed by atoms with Gasteiger partial charge in [0.15, 0.2) is 17.1 Å². The van der Waals surface area contributed by atoms with Crippen LogP contribution in [-0.2, 0) is 25.1 Å². The van der Waals surface area contributed by atoms with Gasteiger partial charge in [0, 0.05) is 69.2 Å². The van der Waals surface area contributed by atoms with E-state index in [1.807, 2.05) is 6.07 Å². The first-order valence-corrected chi connectivity index (χ1v) is 19.3. The maximum absolute atomic E-state index is 15.2. The molecule has 4 aliphatic heterocycles. The molecule has 0 aliphatic carbocycles. The number of urea groups is 1. The number of carbonyl (C=O) groups excluding carboxylic acids is 2. The Labute approximate surface area is 313 Å². The van der Waals surface area contributed by atoms with Gasteiger partial charge in [-0.2, -0.15) is 9.57 Å². The van der Waals surface area contributed by atoms with Crippen molar-refractivity contribution in [1.82, 2.24) is 25.0 Å². The molecule has 2 aromatic carbocycles. The zero-order chi connectivity index (χ0) is 38.2. The van der Waals surface area contributed by atoms with Crippen LogP contribution in [0.4, 0.5) is 14.9 Å². The fourth-order valence-electron chi connectivity index (χ4n) is 7.79. The zero-order valence-electron chi connectivity index (χ0n) is 30.3. The number of piperazine rings is 1. The van der Waals surface area contributed by atoms with Crippen LogP contribution in [0.2, 0.25) is 0 Å². The van der Waals surface area contributed by atoms with Crippen molar-refractivity contribution < 1.29 is 41.3 Å². The van der Waals surface area contributed by atoms with Crippen LogP contribution < -0.4 is 23.8 Å². The summed E-state index contributed by atoms with van der Waals surface area (Å²) in [5.74, 6) is -2.71. The molecule has 1 atom stereocenters. The SMILES string of the molecule is CCOc1ncccc1[C@]1(NC(=O)N2CCN(C3CCN(C4COC4)CC3)CC2)C(=O)N(S(=O)(=O)c2cc(F)c(OC)cc2OC)c2ccc(C#N)cc21. The van der Waals surface area contributed by atoms with Crippen molar-refractivity contribution in [2.24, 2.45) is 0 Å². The molecule has 3 fully saturated rings. The summed E-state index contributed by atoms with van der Waals surface area (Å²) >= 11 is 0. The van der Waals surface area contributed by atoms with Crippen LogP contribution in [0.25, 0.3) is 0 Å². The normalized spacial score (nSPS) is 21.3. The number of pyridine rings is 1. The van der Waals surface area contributed by atoms with Gasteiger partial charge in [-0.25, -0.2) is 22.6 Å². The van der Waals surface area contributed by atoms with Gasteiger partial charge in [-0.3, -0.25) is 14.6 Å². The Balaban J connectivity index is 1.26. The monoisotopic (exact) mass is 763 g/mol. The number of amides is 3. The molecule has 0 spiro atoms. The lowest BCUT2D eigenvalue weighted by Gasteiger charge is -2.46. The van der Waals surface area contributed by atoms with E-state index < -0.39 is 38.2 Å². The molecule has 3 saturated heterocycles. The number of likely N-dealkylation sites (tertiary alicyclic amines) is 1. The maximum atomic E-state index is 15.2. The van der Waals surface area contributed by atoms with E-state index in [2.05, 4.69) is 20.1 Å². The van der Waals surface area contributed by atoms with Gasteiger partial charge in [-0.15, -0.1) is 0 Å². The largest absolute Gasteiger partial charge is 0.495 e. The fourth-order valence-corrected chi connectivity index (χ4v) is 9.41. The number of methoxy groups -OCH3 is 2. The Morgan fingerprint density at radius 1 is 1.00 bits per heavy atom. The maximum Gasteiger partial charge on any atom is 0.318 e. The van der Waals surface area contributed by atoms with E-state index in [1.54, 1.807) is 11.8 Å². The second kappa shape index (κ2) is 15.0. The van der Waals surface area contributed by atoms with Crippen molar-refractivity contribution in [2.45, 2.75) is 42.3 Å². The quantitative estimate of drug-likeness (QED) is 0.321. The van der Waals surface area contributed by atoms with Gasteiger partial charge in [0.25, 0.3) is 15.9 Å². The molecule has 7 rings (SSSR count).